The number of amides is 1. The Kier molecular flexibility index (Phi) is 6.06. The van der Waals surface area contributed by atoms with Gasteiger partial charge in [-0.15, -0.1) is 12.4 Å². The molecule has 0 aliphatic carbocycles. The second kappa shape index (κ2) is 7.64. The second-order valence-electron chi connectivity index (χ2n) is 6.54. The Morgan fingerprint density at radius 1 is 1.43 bits per heavy atom. The fourth-order valence-electron chi connectivity index (χ4n) is 3.61. The predicted octanol–water partition coefficient (Wildman–Crippen LogP) is 1.17. The number of hydrogen-bond acceptors (Lipinski definition) is 4. The monoisotopic (exact) mass is 342 g/mol. The molecule has 1 aromatic rings. The maximum Gasteiger partial charge on any atom is 0.227 e. The Labute approximate surface area is 144 Å². The third-order valence-corrected chi connectivity index (χ3v) is 4.78. The van der Waals surface area contributed by atoms with E-state index in [-0.39, 0.29) is 42.4 Å². The van der Waals surface area contributed by atoms with Crippen LogP contribution in [0.3, 0.4) is 0 Å². The molecule has 0 saturated carbocycles. The van der Waals surface area contributed by atoms with E-state index in [1.54, 1.807) is 4.68 Å². The molecular formula is C16H27ClN4O2. The molecule has 0 bridgehead atoms. The molecule has 1 amide bonds. The highest BCUT2D eigenvalue weighted by atomic mass is 35.5. The van der Waals surface area contributed by atoms with Gasteiger partial charge in [-0.1, -0.05) is 6.92 Å². The number of morpholine rings is 1. The van der Waals surface area contributed by atoms with Crippen molar-refractivity contribution < 1.29 is 9.53 Å². The minimum atomic E-state index is 0. The van der Waals surface area contributed by atoms with Crippen LogP contribution < -0.4 is 5.32 Å². The van der Waals surface area contributed by atoms with Crippen LogP contribution in [-0.2, 0) is 16.6 Å². The summed E-state index contributed by atoms with van der Waals surface area (Å²) in [6.45, 7) is 7.18. The number of hydrogen-bond donors (Lipinski definition) is 1. The van der Waals surface area contributed by atoms with Crippen LogP contribution in [0.4, 0.5) is 0 Å². The smallest absolute Gasteiger partial charge is 0.227 e. The molecule has 23 heavy (non-hydrogen) atoms. The molecule has 6 nitrogen and oxygen atoms in total. The Morgan fingerprint density at radius 2 is 2.22 bits per heavy atom. The van der Waals surface area contributed by atoms with Crippen LogP contribution in [0.1, 0.15) is 31.7 Å². The number of aryl methyl sites for hydroxylation is 1. The minimum absolute atomic E-state index is 0. The van der Waals surface area contributed by atoms with Gasteiger partial charge in [0.1, 0.15) is 0 Å². The first kappa shape index (κ1) is 18.2. The van der Waals surface area contributed by atoms with Gasteiger partial charge in [-0.05, 0) is 18.9 Å². The van der Waals surface area contributed by atoms with Gasteiger partial charge in [-0.2, -0.15) is 5.10 Å². The van der Waals surface area contributed by atoms with Gasteiger partial charge in [0.15, 0.2) is 0 Å². The van der Waals surface area contributed by atoms with Gasteiger partial charge in [0.2, 0.25) is 5.91 Å². The summed E-state index contributed by atoms with van der Waals surface area (Å²) in [6.07, 6.45) is 5.14. The standard InChI is InChI=1S/C16H26N4O2.ClH/c1-4-13-10-20(8-11(2)22-13)16(21)15-7-17-6-14(15)12-5-18-19(3)9-12;/h5,9,11,13-15,17H,4,6-8,10H2,1-3H3;1H/t11?,13?,14-,15+;/m1./s1. The molecule has 7 heteroatoms. The van der Waals surface area contributed by atoms with Crippen LogP contribution in [-0.4, -0.2) is 59.0 Å². The van der Waals surface area contributed by atoms with Crippen LogP contribution in [0.2, 0.25) is 0 Å². The lowest BCUT2D eigenvalue weighted by molar-refractivity contribution is -0.148. The fraction of sp³-hybridized carbons (Fsp3) is 0.750. The van der Waals surface area contributed by atoms with Crippen LogP contribution in [0.25, 0.3) is 0 Å². The zero-order chi connectivity index (χ0) is 15.7. The van der Waals surface area contributed by atoms with Crippen molar-refractivity contribution in [1.29, 1.82) is 0 Å². The minimum Gasteiger partial charge on any atom is -0.372 e. The van der Waals surface area contributed by atoms with Gasteiger partial charge in [-0.3, -0.25) is 9.48 Å². The Balaban J connectivity index is 0.00000192. The summed E-state index contributed by atoms with van der Waals surface area (Å²) in [5.41, 5.74) is 1.15. The van der Waals surface area contributed by atoms with Crippen molar-refractivity contribution in [2.75, 3.05) is 26.2 Å². The van der Waals surface area contributed by atoms with Crippen molar-refractivity contribution in [2.45, 2.75) is 38.4 Å². The van der Waals surface area contributed by atoms with E-state index >= 15 is 0 Å². The van der Waals surface area contributed by atoms with Gasteiger partial charge in [-0.25, -0.2) is 0 Å². The number of nitrogens with zero attached hydrogens (tertiary/aromatic N) is 3. The molecule has 2 unspecified atom stereocenters. The molecule has 2 fully saturated rings. The van der Waals surface area contributed by atoms with Crippen LogP contribution >= 0.6 is 12.4 Å². The summed E-state index contributed by atoms with van der Waals surface area (Å²) in [6, 6.07) is 0. The first-order valence-corrected chi connectivity index (χ1v) is 8.22. The van der Waals surface area contributed by atoms with E-state index in [0.717, 1.165) is 31.6 Å². The molecule has 130 valence electrons. The summed E-state index contributed by atoms with van der Waals surface area (Å²) < 4.78 is 7.68. The number of halogens is 1. The van der Waals surface area contributed by atoms with Crippen molar-refractivity contribution in [3.8, 4) is 0 Å². The highest BCUT2D eigenvalue weighted by Gasteiger charge is 2.39. The zero-order valence-electron chi connectivity index (χ0n) is 14.1. The molecule has 2 saturated heterocycles. The number of nitrogens with one attached hydrogen (secondary N) is 1. The van der Waals surface area contributed by atoms with Crippen LogP contribution in [0.5, 0.6) is 0 Å². The molecule has 0 spiro atoms. The van der Waals surface area contributed by atoms with E-state index in [4.69, 9.17) is 4.74 Å². The zero-order valence-corrected chi connectivity index (χ0v) is 14.9. The van der Waals surface area contributed by atoms with E-state index in [2.05, 4.69) is 17.3 Å². The van der Waals surface area contributed by atoms with Crippen molar-refractivity contribution >= 4 is 18.3 Å². The molecule has 2 aliphatic heterocycles. The molecule has 1 N–H and O–H groups in total. The number of rotatable bonds is 3. The Morgan fingerprint density at radius 3 is 2.87 bits per heavy atom. The highest BCUT2D eigenvalue weighted by molar-refractivity contribution is 5.85. The van der Waals surface area contributed by atoms with E-state index in [1.807, 2.05) is 31.3 Å². The first-order valence-electron chi connectivity index (χ1n) is 8.22. The van der Waals surface area contributed by atoms with E-state index in [0.29, 0.717) is 6.54 Å². The lowest BCUT2D eigenvalue weighted by Crippen LogP contribution is -2.51. The summed E-state index contributed by atoms with van der Waals surface area (Å²) in [5.74, 6) is 0.485. The molecule has 0 radical (unpaired) electrons. The Hall–Kier alpha value is -1.11. The number of carbonyl (C=O) groups is 1. The third-order valence-electron chi connectivity index (χ3n) is 4.78. The van der Waals surface area contributed by atoms with Gasteiger partial charge >= 0.3 is 0 Å². The summed E-state index contributed by atoms with van der Waals surface area (Å²) in [7, 11) is 1.91. The number of aromatic nitrogens is 2. The molecule has 3 rings (SSSR count). The lowest BCUT2D eigenvalue weighted by Gasteiger charge is -2.38. The highest BCUT2D eigenvalue weighted by Crippen LogP contribution is 2.30. The third kappa shape index (κ3) is 3.87. The van der Waals surface area contributed by atoms with Gasteiger partial charge in [0, 0.05) is 45.3 Å². The molecule has 3 heterocycles. The Bertz CT molecular complexity index is 536. The van der Waals surface area contributed by atoms with E-state index in [1.165, 1.54) is 0 Å². The fourth-order valence-corrected chi connectivity index (χ4v) is 3.61. The van der Waals surface area contributed by atoms with Crippen molar-refractivity contribution in [3.05, 3.63) is 18.0 Å². The lowest BCUT2D eigenvalue weighted by atomic mass is 9.89. The average Bonchev–Trinajstić information content (AvgIpc) is 3.14. The van der Waals surface area contributed by atoms with E-state index in [9.17, 15) is 4.79 Å². The molecule has 4 atom stereocenters. The normalized spacial score (nSPS) is 31.0. The number of ether oxygens (including phenoxy) is 1. The largest absolute Gasteiger partial charge is 0.372 e. The van der Waals surface area contributed by atoms with Crippen molar-refractivity contribution in [3.63, 3.8) is 0 Å². The number of carbonyl (C=O) groups excluding carboxylic acids is 1. The predicted molar refractivity (Wildman–Crippen MR) is 90.8 cm³/mol. The maximum absolute atomic E-state index is 13.0. The second-order valence-corrected chi connectivity index (χ2v) is 6.54. The van der Waals surface area contributed by atoms with Gasteiger partial charge in [0.05, 0.1) is 24.3 Å². The summed E-state index contributed by atoms with van der Waals surface area (Å²) >= 11 is 0. The topological polar surface area (TPSA) is 59.4 Å². The van der Waals surface area contributed by atoms with Crippen molar-refractivity contribution in [1.82, 2.24) is 20.0 Å². The SMILES string of the molecule is CCC1CN(C(=O)[C@H]2CNC[C@@H]2c2cnn(C)c2)CC(C)O1.Cl. The average molecular weight is 343 g/mol. The summed E-state index contributed by atoms with van der Waals surface area (Å²) in [5, 5.41) is 7.62. The molecule has 0 aromatic carbocycles. The van der Waals surface area contributed by atoms with Crippen LogP contribution in [0.15, 0.2) is 12.4 Å². The van der Waals surface area contributed by atoms with E-state index < -0.39 is 0 Å². The van der Waals surface area contributed by atoms with Gasteiger partial charge < -0.3 is 15.0 Å². The van der Waals surface area contributed by atoms with Crippen LogP contribution in [0, 0.1) is 5.92 Å². The summed E-state index contributed by atoms with van der Waals surface area (Å²) in [4.78, 5) is 15.0. The molecule has 2 aliphatic rings. The molecular weight excluding hydrogens is 316 g/mol. The maximum atomic E-state index is 13.0. The first-order chi connectivity index (χ1) is 10.6. The van der Waals surface area contributed by atoms with Gasteiger partial charge in [0.25, 0.3) is 0 Å². The quantitative estimate of drug-likeness (QED) is 0.896. The van der Waals surface area contributed by atoms with Crippen molar-refractivity contribution in [2.24, 2.45) is 13.0 Å². The molecule has 1 aromatic heterocycles.